The molecule has 0 spiro atoms. The van der Waals surface area contributed by atoms with Crippen molar-refractivity contribution in [2.75, 3.05) is 38.3 Å². The van der Waals surface area contributed by atoms with Crippen LogP contribution in [0.5, 0.6) is 0 Å². The molecular formula is C29H32FN3O8S. The van der Waals surface area contributed by atoms with E-state index in [9.17, 15) is 27.2 Å². The summed E-state index contributed by atoms with van der Waals surface area (Å²) in [5.74, 6) is -1.54. The van der Waals surface area contributed by atoms with E-state index in [0.717, 1.165) is 10.6 Å². The molecule has 224 valence electrons. The van der Waals surface area contributed by atoms with Crippen molar-refractivity contribution in [2.45, 2.75) is 32.4 Å². The maximum absolute atomic E-state index is 13.7. The van der Waals surface area contributed by atoms with Crippen molar-refractivity contribution in [1.29, 1.82) is 0 Å². The maximum Gasteiger partial charge on any atom is 0.411 e. The number of nitrogens with one attached hydrogen (secondary N) is 1. The highest BCUT2D eigenvalue weighted by atomic mass is 32.2. The molecule has 0 saturated carbocycles. The van der Waals surface area contributed by atoms with Gasteiger partial charge in [0.05, 0.1) is 31.2 Å². The second kappa shape index (κ2) is 11.1. The largest absolute Gasteiger partial charge is 0.467 e. The molecule has 0 aliphatic carbocycles. The summed E-state index contributed by atoms with van der Waals surface area (Å²) in [6.45, 7) is 4.94. The van der Waals surface area contributed by atoms with E-state index in [1.807, 2.05) is 0 Å². The van der Waals surface area contributed by atoms with Crippen molar-refractivity contribution in [2.24, 2.45) is 0 Å². The minimum Gasteiger partial charge on any atom is -0.467 e. The summed E-state index contributed by atoms with van der Waals surface area (Å²) in [6, 6.07) is 7.27. The van der Waals surface area contributed by atoms with Gasteiger partial charge in [0.25, 0.3) is 5.91 Å². The summed E-state index contributed by atoms with van der Waals surface area (Å²) in [5.41, 5.74) is 0.816. The number of anilines is 1. The normalized spacial score (nSPS) is 15.4. The van der Waals surface area contributed by atoms with Crippen LogP contribution in [0.2, 0.25) is 0 Å². The van der Waals surface area contributed by atoms with Gasteiger partial charge >= 0.3 is 12.1 Å². The summed E-state index contributed by atoms with van der Waals surface area (Å²) in [5, 5.41) is 2.91. The van der Waals surface area contributed by atoms with Gasteiger partial charge in [0.2, 0.25) is 10.0 Å². The Hall–Kier alpha value is -4.39. The number of amides is 2. The SMILES string of the molecule is CNC(=O)c1c(-c2ccc(F)cc2)oc2cc(N(C)S(C)(=O)=O)c(C3=C[C@@H](C(=O)OC)N(C(=O)OC(C)(C)C)C3)cc12. The van der Waals surface area contributed by atoms with Crippen molar-refractivity contribution in [3.05, 3.63) is 59.4 Å². The van der Waals surface area contributed by atoms with E-state index in [1.54, 1.807) is 26.8 Å². The molecule has 0 saturated heterocycles. The van der Waals surface area contributed by atoms with Gasteiger partial charge in [-0.25, -0.2) is 22.4 Å². The number of esters is 1. The lowest BCUT2D eigenvalue weighted by atomic mass is 9.98. The number of hydrogen-bond acceptors (Lipinski definition) is 8. The van der Waals surface area contributed by atoms with Crippen LogP contribution in [0.15, 0.2) is 46.9 Å². The Balaban J connectivity index is 1.98. The molecule has 0 bridgehead atoms. The fourth-order valence-electron chi connectivity index (χ4n) is 4.59. The quantitative estimate of drug-likeness (QED) is 0.416. The zero-order valence-electron chi connectivity index (χ0n) is 24.3. The first-order valence-electron chi connectivity index (χ1n) is 12.9. The minimum atomic E-state index is -3.80. The average Bonchev–Trinajstić information content (AvgIpc) is 3.52. The summed E-state index contributed by atoms with van der Waals surface area (Å²) in [4.78, 5) is 40.1. The standard InChI is InChI=1S/C29H32FN3O8S/c1-29(2,3)41-28(36)33-15-17(12-22(33)27(35)39-6)19-13-20-23(14-21(19)32(5)42(7,37)38)40-25(24(20)26(34)31-4)16-8-10-18(30)11-9-16/h8-14,22H,15H2,1-7H3,(H,31,34)/t22-/m0/s1. The van der Waals surface area contributed by atoms with Crippen molar-refractivity contribution in [1.82, 2.24) is 10.2 Å². The Bertz CT molecular complexity index is 1700. The number of carbonyl (C=O) groups is 3. The lowest BCUT2D eigenvalue weighted by Gasteiger charge is -2.27. The number of rotatable bonds is 6. The van der Waals surface area contributed by atoms with Crippen LogP contribution in [0.4, 0.5) is 14.9 Å². The van der Waals surface area contributed by atoms with Gasteiger partial charge in [-0.2, -0.15) is 0 Å². The first kappa shape index (κ1) is 30.6. The molecule has 2 aromatic carbocycles. The number of carbonyl (C=O) groups excluding carboxylic acids is 3. The Labute approximate surface area is 242 Å². The average molecular weight is 602 g/mol. The van der Waals surface area contributed by atoms with Gasteiger partial charge < -0.3 is 19.2 Å². The van der Waals surface area contributed by atoms with Crippen LogP contribution in [-0.2, 0) is 24.3 Å². The highest BCUT2D eigenvalue weighted by Crippen LogP contribution is 2.41. The van der Waals surface area contributed by atoms with E-state index in [-0.39, 0.29) is 29.1 Å². The number of methoxy groups -OCH3 is 1. The number of hydrogen-bond donors (Lipinski definition) is 1. The molecule has 1 aliphatic heterocycles. The predicted octanol–water partition coefficient (Wildman–Crippen LogP) is 4.17. The zero-order valence-corrected chi connectivity index (χ0v) is 25.1. The fourth-order valence-corrected chi connectivity index (χ4v) is 5.10. The smallest absolute Gasteiger partial charge is 0.411 e. The molecular weight excluding hydrogens is 569 g/mol. The van der Waals surface area contributed by atoms with Crippen LogP contribution in [0, 0.1) is 5.82 Å². The highest BCUT2D eigenvalue weighted by molar-refractivity contribution is 7.92. The van der Waals surface area contributed by atoms with Gasteiger partial charge in [0.15, 0.2) is 6.04 Å². The molecule has 13 heteroatoms. The van der Waals surface area contributed by atoms with Gasteiger partial charge in [-0.15, -0.1) is 0 Å². The number of sulfonamides is 1. The van der Waals surface area contributed by atoms with Gasteiger partial charge in [-0.3, -0.25) is 14.0 Å². The first-order valence-corrected chi connectivity index (χ1v) is 14.7. The van der Waals surface area contributed by atoms with E-state index in [4.69, 9.17) is 13.9 Å². The molecule has 0 radical (unpaired) electrons. The van der Waals surface area contributed by atoms with Crippen LogP contribution < -0.4 is 9.62 Å². The molecule has 1 aromatic heterocycles. The number of ether oxygens (including phenoxy) is 2. The first-order chi connectivity index (χ1) is 19.6. The van der Waals surface area contributed by atoms with Crippen LogP contribution in [0.1, 0.15) is 36.7 Å². The second-order valence-electron chi connectivity index (χ2n) is 10.8. The van der Waals surface area contributed by atoms with Crippen molar-refractivity contribution in [3.63, 3.8) is 0 Å². The molecule has 4 rings (SSSR count). The van der Waals surface area contributed by atoms with Crippen LogP contribution >= 0.6 is 0 Å². The Morgan fingerprint density at radius 3 is 2.33 bits per heavy atom. The molecule has 2 amide bonds. The third kappa shape index (κ3) is 5.96. The summed E-state index contributed by atoms with van der Waals surface area (Å²) < 4.78 is 56.6. The number of nitrogens with zero attached hydrogens (tertiary/aromatic N) is 2. The predicted molar refractivity (Wildman–Crippen MR) is 155 cm³/mol. The van der Waals surface area contributed by atoms with Gasteiger partial charge in [-0.05, 0) is 62.8 Å². The third-order valence-corrected chi connectivity index (χ3v) is 7.85. The molecule has 3 aromatic rings. The van der Waals surface area contributed by atoms with Gasteiger partial charge in [0.1, 0.15) is 22.8 Å². The number of benzene rings is 2. The molecule has 1 aliphatic rings. The molecule has 11 nitrogen and oxygen atoms in total. The molecule has 1 atom stereocenters. The lowest BCUT2D eigenvalue weighted by molar-refractivity contribution is -0.144. The van der Waals surface area contributed by atoms with E-state index in [1.165, 1.54) is 62.5 Å². The van der Waals surface area contributed by atoms with E-state index in [2.05, 4.69) is 5.32 Å². The van der Waals surface area contributed by atoms with Gasteiger partial charge in [0, 0.05) is 36.7 Å². The van der Waals surface area contributed by atoms with Gasteiger partial charge in [-0.1, -0.05) is 0 Å². The summed E-state index contributed by atoms with van der Waals surface area (Å²) in [6.07, 6.45) is 1.75. The lowest BCUT2D eigenvalue weighted by Crippen LogP contribution is -2.44. The van der Waals surface area contributed by atoms with Crippen molar-refractivity contribution < 1.29 is 41.1 Å². The van der Waals surface area contributed by atoms with Crippen LogP contribution in [0.25, 0.3) is 27.9 Å². The topological polar surface area (TPSA) is 135 Å². The Morgan fingerprint density at radius 1 is 1.14 bits per heavy atom. The third-order valence-electron chi connectivity index (χ3n) is 6.66. The summed E-state index contributed by atoms with van der Waals surface area (Å²) >= 11 is 0. The van der Waals surface area contributed by atoms with Crippen LogP contribution in [0.3, 0.4) is 0 Å². The Kier molecular flexibility index (Phi) is 8.09. The number of fused-ring (bicyclic) bond motifs is 1. The highest BCUT2D eigenvalue weighted by Gasteiger charge is 2.39. The van der Waals surface area contributed by atoms with Crippen LogP contribution in [-0.4, -0.2) is 76.9 Å². The molecule has 0 fully saturated rings. The van der Waals surface area contributed by atoms with Crippen molar-refractivity contribution >= 4 is 50.2 Å². The second-order valence-corrected chi connectivity index (χ2v) is 12.8. The fraction of sp³-hybridized carbons (Fsp3) is 0.345. The molecule has 1 N–H and O–H groups in total. The zero-order chi connectivity index (χ0) is 31.1. The van der Waals surface area contributed by atoms with Crippen molar-refractivity contribution in [3.8, 4) is 11.3 Å². The maximum atomic E-state index is 13.7. The van der Waals surface area contributed by atoms with E-state index < -0.39 is 45.5 Å². The van der Waals surface area contributed by atoms with E-state index in [0.29, 0.717) is 22.1 Å². The summed E-state index contributed by atoms with van der Waals surface area (Å²) in [7, 11) is 0.185. The number of halogens is 1. The number of furan rings is 1. The molecule has 0 unspecified atom stereocenters. The Morgan fingerprint density at radius 2 is 1.79 bits per heavy atom. The molecule has 2 heterocycles. The molecule has 42 heavy (non-hydrogen) atoms. The van der Waals surface area contributed by atoms with E-state index >= 15 is 0 Å². The monoisotopic (exact) mass is 601 g/mol. The minimum absolute atomic E-state index is 0.122.